The highest BCUT2D eigenvalue weighted by Gasteiger charge is 2.28. The van der Waals surface area contributed by atoms with E-state index in [9.17, 15) is 0 Å². The van der Waals surface area contributed by atoms with Crippen LogP contribution in [0.4, 0.5) is 0 Å². The maximum absolute atomic E-state index is 8.89. The molecule has 0 N–H and O–H groups in total. The standard InChI is InChI=1S/C18H16N2O/c1-18(2)12-21-17(20-18)16-6-4-3-5-15(16)14-9-7-13(11-19)8-10-14/h3-10H,12H2,1-2H3. The molecule has 0 saturated heterocycles. The number of nitrogens with zero attached hydrogens (tertiary/aromatic N) is 2. The van der Waals surface area contributed by atoms with Crippen LogP contribution in [0.1, 0.15) is 25.0 Å². The minimum absolute atomic E-state index is 0.174. The molecule has 0 spiro atoms. The van der Waals surface area contributed by atoms with Crippen LogP contribution in [0.2, 0.25) is 0 Å². The van der Waals surface area contributed by atoms with Gasteiger partial charge in [0.05, 0.1) is 17.2 Å². The monoisotopic (exact) mass is 276 g/mol. The average molecular weight is 276 g/mol. The summed E-state index contributed by atoms with van der Waals surface area (Å²) >= 11 is 0. The fourth-order valence-electron chi connectivity index (χ4n) is 2.37. The summed E-state index contributed by atoms with van der Waals surface area (Å²) < 4.78 is 5.76. The van der Waals surface area contributed by atoms with Gasteiger partial charge in [-0.3, -0.25) is 0 Å². The lowest BCUT2D eigenvalue weighted by atomic mass is 9.98. The first-order valence-corrected chi connectivity index (χ1v) is 6.92. The molecule has 3 nitrogen and oxygen atoms in total. The Balaban J connectivity index is 2.06. The summed E-state index contributed by atoms with van der Waals surface area (Å²) in [6.45, 7) is 4.72. The quantitative estimate of drug-likeness (QED) is 0.838. The van der Waals surface area contributed by atoms with Gasteiger partial charge < -0.3 is 4.74 Å². The van der Waals surface area contributed by atoms with Gasteiger partial charge in [-0.1, -0.05) is 30.3 Å². The van der Waals surface area contributed by atoms with Gasteiger partial charge in [-0.15, -0.1) is 0 Å². The normalized spacial score (nSPS) is 16.0. The van der Waals surface area contributed by atoms with Crippen molar-refractivity contribution in [3.63, 3.8) is 0 Å². The summed E-state index contributed by atoms with van der Waals surface area (Å²) in [4.78, 5) is 4.65. The highest BCUT2D eigenvalue weighted by molar-refractivity contribution is 6.01. The van der Waals surface area contributed by atoms with Crippen LogP contribution in [0.5, 0.6) is 0 Å². The molecule has 0 aromatic heterocycles. The number of hydrogen-bond donors (Lipinski definition) is 0. The number of benzene rings is 2. The van der Waals surface area contributed by atoms with E-state index >= 15 is 0 Å². The van der Waals surface area contributed by atoms with Crippen molar-refractivity contribution in [2.24, 2.45) is 4.99 Å². The molecule has 3 heteroatoms. The Morgan fingerprint density at radius 2 is 1.71 bits per heavy atom. The van der Waals surface area contributed by atoms with E-state index in [1.54, 1.807) is 0 Å². The summed E-state index contributed by atoms with van der Waals surface area (Å²) in [6, 6.07) is 17.8. The first-order valence-electron chi connectivity index (χ1n) is 6.92. The van der Waals surface area contributed by atoms with E-state index in [0.29, 0.717) is 18.1 Å². The number of hydrogen-bond acceptors (Lipinski definition) is 3. The molecule has 2 aromatic rings. The van der Waals surface area contributed by atoms with E-state index in [1.165, 1.54) is 0 Å². The molecule has 0 saturated carbocycles. The zero-order valence-electron chi connectivity index (χ0n) is 12.1. The van der Waals surface area contributed by atoms with Gasteiger partial charge >= 0.3 is 0 Å². The Bertz CT molecular complexity index is 737. The third-order valence-electron chi connectivity index (χ3n) is 3.45. The second kappa shape index (κ2) is 5.06. The Morgan fingerprint density at radius 1 is 1.05 bits per heavy atom. The Hall–Kier alpha value is -2.60. The summed E-state index contributed by atoms with van der Waals surface area (Å²) in [5.74, 6) is 0.694. The SMILES string of the molecule is CC1(C)COC(c2ccccc2-c2ccc(C#N)cc2)=N1. The van der Waals surface area contributed by atoms with E-state index < -0.39 is 0 Å². The maximum atomic E-state index is 8.89. The molecule has 1 aliphatic rings. The van der Waals surface area contributed by atoms with Crippen molar-refractivity contribution < 1.29 is 4.74 Å². The Kier molecular flexibility index (Phi) is 3.23. The third-order valence-corrected chi connectivity index (χ3v) is 3.45. The van der Waals surface area contributed by atoms with Gasteiger partial charge in [0.1, 0.15) is 6.61 Å². The Morgan fingerprint density at radius 3 is 2.29 bits per heavy atom. The molecular formula is C18H16N2O. The highest BCUT2D eigenvalue weighted by Crippen LogP contribution is 2.28. The minimum Gasteiger partial charge on any atom is -0.475 e. The number of rotatable bonds is 2. The first kappa shape index (κ1) is 13.4. The molecule has 0 radical (unpaired) electrons. The Labute approximate surface area is 124 Å². The molecule has 2 aromatic carbocycles. The largest absolute Gasteiger partial charge is 0.475 e. The lowest BCUT2D eigenvalue weighted by molar-refractivity contribution is 0.279. The van der Waals surface area contributed by atoms with Crippen LogP contribution < -0.4 is 0 Å². The lowest BCUT2D eigenvalue weighted by Gasteiger charge is -2.09. The summed E-state index contributed by atoms with van der Waals surface area (Å²) in [7, 11) is 0. The number of ether oxygens (including phenoxy) is 1. The maximum Gasteiger partial charge on any atom is 0.217 e. The van der Waals surface area contributed by atoms with Crippen molar-refractivity contribution in [3.05, 3.63) is 59.7 Å². The van der Waals surface area contributed by atoms with Crippen molar-refractivity contribution in [1.82, 2.24) is 0 Å². The summed E-state index contributed by atoms with van der Waals surface area (Å²) in [5.41, 5.74) is 3.60. The topological polar surface area (TPSA) is 45.4 Å². The zero-order valence-corrected chi connectivity index (χ0v) is 12.1. The van der Waals surface area contributed by atoms with Crippen molar-refractivity contribution >= 4 is 5.90 Å². The predicted octanol–water partition coefficient (Wildman–Crippen LogP) is 3.78. The van der Waals surface area contributed by atoms with Gasteiger partial charge in [-0.2, -0.15) is 5.26 Å². The first-order chi connectivity index (χ1) is 10.1. The van der Waals surface area contributed by atoms with Gasteiger partial charge in [0.15, 0.2) is 0 Å². The molecule has 0 aliphatic carbocycles. The molecular weight excluding hydrogens is 260 g/mol. The van der Waals surface area contributed by atoms with Crippen LogP contribution in [0, 0.1) is 11.3 Å². The van der Waals surface area contributed by atoms with Crippen molar-refractivity contribution in [3.8, 4) is 17.2 Å². The lowest BCUT2D eigenvalue weighted by Crippen LogP contribution is -2.17. The van der Waals surface area contributed by atoms with Crippen molar-refractivity contribution in [1.29, 1.82) is 5.26 Å². The van der Waals surface area contributed by atoms with Gasteiger partial charge in [0.2, 0.25) is 5.90 Å². The summed E-state index contributed by atoms with van der Waals surface area (Å²) in [5, 5.41) is 8.89. The molecule has 0 atom stereocenters. The van der Waals surface area contributed by atoms with Crippen LogP contribution >= 0.6 is 0 Å². The number of nitriles is 1. The molecule has 21 heavy (non-hydrogen) atoms. The zero-order chi connectivity index (χ0) is 14.9. The van der Waals surface area contributed by atoms with E-state index in [0.717, 1.165) is 16.7 Å². The van der Waals surface area contributed by atoms with Gasteiger partial charge in [0.25, 0.3) is 0 Å². The molecule has 104 valence electrons. The summed E-state index contributed by atoms with van der Waals surface area (Å²) in [6.07, 6.45) is 0. The van der Waals surface area contributed by atoms with Crippen LogP contribution in [-0.2, 0) is 4.74 Å². The highest BCUT2D eigenvalue weighted by atomic mass is 16.5. The molecule has 0 bridgehead atoms. The van der Waals surface area contributed by atoms with E-state index in [4.69, 9.17) is 10.00 Å². The van der Waals surface area contributed by atoms with Gasteiger partial charge in [-0.05, 0) is 43.2 Å². The molecule has 1 aliphatic heterocycles. The van der Waals surface area contributed by atoms with Crippen LogP contribution in [0.3, 0.4) is 0 Å². The molecule has 0 unspecified atom stereocenters. The molecule has 3 rings (SSSR count). The van der Waals surface area contributed by atoms with Crippen LogP contribution in [-0.4, -0.2) is 18.0 Å². The average Bonchev–Trinajstić information content (AvgIpc) is 2.87. The molecule has 0 amide bonds. The minimum atomic E-state index is -0.174. The van der Waals surface area contributed by atoms with Gasteiger partial charge in [0, 0.05) is 5.56 Å². The molecule has 1 heterocycles. The second-order valence-corrected chi connectivity index (χ2v) is 5.75. The van der Waals surface area contributed by atoms with Crippen LogP contribution in [0.15, 0.2) is 53.5 Å². The third kappa shape index (κ3) is 2.66. The van der Waals surface area contributed by atoms with E-state index in [-0.39, 0.29) is 5.54 Å². The number of aliphatic imine (C=N–C) groups is 1. The van der Waals surface area contributed by atoms with Crippen molar-refractivity contribution in [2.75, 3.05) is 6.61 Å². The van der Waals surface area contributed by atoms with Crippen LogP contribution in [0.25, 0.3) is 11.1 Å². The molecule has 0 fully saturated rings. The van der Waals surface area contributed by atoms with E-state index in [2.05, 4.69) is 24.9 Å². The smallest absolute Gasteiger partial charge is 0.217 e. The van der Waals surface area contributed by atoms with E-state index in [1.807, 2.05) is 48.5 Å². The fourth-order valence-corrected chi connectivity index (χ4v) is 2.37. The van der Waals surface area contributed by atoms with Crippen molar-refractivity contribution in [2.45, 2.75) is 19.4 Å². The predicted molar refractivity (Wildman–Crippen MR) is 83.2 cm³/mol. The van der Waals surface area contributed by atoms with Gasteiger partial charge in [-0.25, -0.2) is 4.99 Å². The second-order valence-electron chi connectivity index (χ2n) is 5.75. The fraction of sp³-hybridized carbons (Fsp3) is 0.222.